The molecule has 24 heavy (non-hydrogen) atoms. The molecule has 0 radical (unpaired) electrons. The lowest BCUT2D eigenvalue weighted by Gasteiger charge is -2.15. The molecule has 3 rings (SSSR count). The van der Waals surface area contributed by atoms with Crippen molar-refractivity contribution in [3.05, 3.63) is 30.5 Å². The van der Waals surface area contributed by atoms with Gasteiger partial charge in [-0.3, -0.25) is 5.10 Å². The van der Waals surface area contributed by atoms with E-state index in [-0.39, 0.29) is 5.82 Å². The summed E-state index contributed by atoms with van der Waals surface area (Å²) in [5.74, 6) is 0.140. The highest BCUT2D eigenvalue weighted by Gasteiger charge is 2.15. The SMILES string of the molecule is C[Si](C)(C)CCOCn1ccc2c(-c3cn[nH]c3)nc(C#N)nc21. The van der Waals surface area contributed by atoms with Crippen LogP contribution < -0.4 is 0 Å². The molecule has 0 amide bonds. The smallest absolute Gasteiger partial charge is 0.234 e. The monoisotopic (exact) mass is 340 g/mol. The van der Waals surface area contributed by atoms with Gasteiger partial charge in [-0.05, 0) is 12.1 Å². The van der Waals surface area contributed by atoms with Crippen LogP contribution in [0, 0.1) is 11.3 Å². The molecule has 0 aliphatic rings. The number of nitrogens with one attached hydrogen (secondary N) is 1. The van der Waals surface area contributed by atoms with Crippen LogP contribution in [0.1, 0.15) is 5.82 Å². The number of aromatic amines is 1. The Bertz CT molecular complexity index is 872. The maximum absolute atomic E-state index is 9.22. The molecule has 3 aromatic heterocycles. The predicted octanol–water partition coefficient (Wildman–Crippen LogP) is 3.01. The molecule has 0 aromatic carbocycles. The fourth-order valence-corrected chi connectivity index (χ4v) is 3.12. The standard InChI is InChI=1S/C16H20N6OSi/c1-24(2,3)7-6-23-11-22-5-4-13-15(12-9-18-19-10-12)20-14(8-17)21-16(13)22/h4-5,9-10H,6-7,11H2,1-3H3,(H,18,19). The third kappa shape index (κ3) is 3.53. The molecule has 0 saturated heterocycles. The van der Waals surface area contributed by atoms with Crippen molar-refractivity contribution in [1.82, 2.24) is 24.7 Å². The van der Waals surface area contributed by atoms with E-state index >= 15 is 0 Å². The quantitative estimate of drug-likeness (QED) is 0.550. The van der Waals surface area contributed by atoms with Crippen molar-refractivity contribution in [1.29, 1.82) is 5.26 Å². The number of hydrogen-bond donors (Lipinski definition) is 1. The Morgan fingerprint density at radius 3 is 2.83 bits per heavy atom. The van der Waals surface area contributed by atoms with Crippen molar-refractivity contribution in [2.45, 2.75) is 32.4 Å². The summed E-state index contributed by atoms with van der Waals surface area (Å²) in [5.41, 5.74) is 2.23. The molecule has 0 aliphatic carbocycles. The molecule has 0 aliphatic heterocycles. The molecule has 3 heterocycles. The Hall–Kier alpha value is -2.50. The van der Waals surface area contributed by atoms with Crippen LogP contribution in [0.3, 0.4) is 0 Å². The van der Waals surface area contributed by atoms with Crippen LogP contribution in [0.15, 0.2) is 24.7 Å². The van der Waals surface area contributed by atoms with E-state index in [1.807, 2.05) is 22.9 Å². The topological polar surface area (TPSA) is 92.4 Å². The lowest BCUT2D eigenvalue weighted by molar-refractivity contribution is 0.0899. The van der Waals surface area contributed by atoms with Gasteiger partial charge in [0.15, 0.2) is 0 Å². The lowest BCUT2D eigenvalue weighted by atomic mass is 10.2. The highest BCUT2D eigenvalue weighted by Crippen LogP contribution is 2.26. The molecule has 0 bridgehead atoms. The summed E-state index contributed by atoms with van der Waals surface area (Å²) in [7, 11) is -1.11. The van der Waals surface area contributed by atoms with Gasteiger partial charge in [0.25, 0.3) is 0 Å². The van der Waals surface area contributed by atoms with Gasteiger partial charge in [0.2, 0.25) is 5.82 Å². The van der Waals surface area contributed by atoms with Crippen molar-refractivity contribution < 1.29 is 4.74 Å². The maximum atomic E-state index is 9.22. The van der Waals surface area contributed by atoms with Crippen LogP contribution in [0.4, 0.5) is 0 Å². The van der Waals surface area contributed by atoms with Crippen molar-refractivity contribution in [2.24, 2.45) is 0 Å². The average Bonchev–Trinajstić information content (AvgIpc) is 3.19. The molecule has 1 N–H and O–H groups in total. The van der Waals surface area contributed by atoms with Crippen LogP contribution in [0.25, 0.3) is 22.3 Å². The minimum atomic E-state index is -1.11. The van der Waals surface area contributed by atoms with Gasteiger partial charge in [-0.25, -0.2) is 9.97 Å². The highest BCUT2D eigenvalue weighted by atomic mass is 28.3. The van der Waals surface area contributed by atoms with Gasteiger partial charge in [0.05, 0.1) is 11.9 Å². The first-order valence-corrected chi connectivity index (χ1v) is 11.5. The molecule has 3 aromatic rings. The zero-order valence-electron chi connectivity index (χ0n) is 14.1. The van der Waals surface area contributed by atoms with Gasteiger partial charge in [-0.2, -0.15) is 10.4 Å². The van der Waals surface area contributed by atoms with E-state index in [1.165, 1.54) is 0 Å². The average molecular weight is 340 g/mol. The van der Waals surface area contributed by atoms with Gasteiger partial charge >= 0.3 is 0 Å². The van der Waals surface area contributed by atoms with E-state index in [1.54, 1.807) is 12.4 Å². The first kappa shape index (κ1) is 16.4. The van der Waals surface area contributed by atoms with Crippen LogP contribution in [-0.2, 0) is 11.5 Å². The largest absolute Gasteiger partial charge is 0.361 e. The molecule has 0 unspecified atom stereocenters. The second kappa shape index (κ2) is 6.55. The third-order valence-corrected chi connectivity index (χ3v) is 5.42. The summed E-state index contributed by atoms with van der Waals surface area (Å²) >= 11 is 0. The Balaban J connectivity index is 1.88. The van der Waals surface area contributed by atoms with Gasteiger partial charge in [-0.1, -0.05) is 19.6 Å². The van der Waals surface area contributed by atoms with Crippen molar-refractivity contribution in [3.8, 4) is 17.3 Å². The van der Waals surface area contributed by atoms with Crippen LogP contribution in [0.2, 0.25) is 25.7 Å². The second-order valence-corrected chi connectivity index (χ2v) is 12.5. The van der Waals surface area contributed by atoms with Gasteiger partial charge in [0, 0.05) is 38.0 Å². The van der Waals surface area contributed by atoms with Gasteiger partial charge in [-0.15, -0.1) is 0 Å². The summed E-state index contributed by atoms with van der Waals surface area (Å²) < 4.78 is 7.71. The molecule has 0 fully saturated rings. The summed E-state index contributed by atoms with van der Waals surface area (Å²) in [4.78, 5) is 8.66. The van der Waals surface area contributed by atoms with Crippen LogP contribution >= 0.6 is 0 Å². The Morgan fingerprint density at radius 1 is 1.33 bits per heavy atom. The van der Waals surface area contributed by atoms with Crippen molar-refractivity contribution >= 4 is 19.1 Å². The van der Waals surface area contributed by atoms with E-state index < -0.39 is 8.07 Å². The number of rotatable bonds is 6. The fraction of sp³-hybridized carbons (Fsp3) is 0.375. The zero-order valence-corrected chi connectivity index (χ0v) is 15.1. The fourth-order valence-electron chi connectivity index (χ4n) is 2.36. The van der Waals surface area contributed by atoms with E-state index in [9.17, 15) is 5.26 Å². The first-order chi connectivity index (χ1) is 11.5. The number of nitrogens with zero attached hydrogens (tertiary/aromatic N) is 5. The second-order valence-electron chi connectivity index (χ2n) is 6.87. The minimum absolute atomic E-state index is 0.140. The number of H-pyrrole nitrogens is 1. The number of ether oxygens (including phenoxy) is 1. The van der Waals surface area contributed by atoms with Gasteiger partial charge in [0.1, 0.15) is 18.4 Å². The van der Waals surface area contributed by atoms with E-state index in [4.69, 9.17) is 4.74 Å². The summed E-state index contributed by atoms with van der Waals surface area (Å²) in [6, 6.07) is 5.09. The molecule has 124 valence electrons. The van der Waals surface area contributed by atoms with E-state index in [2.05, 4.69) is 39.8 Å². The number of hydrogen-bond acceptors (Lipinski definition) is 5. The zero-order chi connectivity index (χ0) is 17.2. The summed E-state index contributed by atoms with van der Waals surface area (Å²) in [6.07, 6.45) is 5.36. The number of fused-ring (bicyclic) bond motifs is 1. The highest BCUT2D eigenvalue weighted by molar-refractivity contribution is 6.76. The molecule has 8 heteroatoms. The molecule has 7 nitrogen and oxygen atoms in total. The Morgan fingerprint density at radius 2 is 2.17 bits per heavy atom. The minimum Gasteiger partial charge on any atom is -0.361 e. The Labute approximate surface area is 141 Å². The van der Waals surface area contributed by atoms with Crippen molar-refractivity contribution in [2.75, 3.05) is 6.61 Å². The van der Waals surface area contributed by atoms with Crippen LogP contribution in [-0.4, -0.2) is 39.4 Å². The molecular weight excluding hydrogens is 320 g/mol. The summed E-state index contributed by atoms with van der Waals surface area (Å²) in [6.45, 7) is 8.13. The maximum Gasteiger partial charge on any atom is 0.234 e. The number of nitriles is 1. The lowest BCUT2D eigenvalue weighted by Crippen LogP contribution is -2.22. The van der Waals surface area contributed by atoms with E-state index in [0.717, 1.165) is 23.6 Å². The third-order valence-electron chi connectivity index (χ3n) is 3.72. The predicted molar refractivity (Wildman–Crippen MR) is 93.9 cm³/mol. The Kier molecular flexibility index (Phi) is 4.46. The molecule has 0 atom stereocenters. The molecular formula is C16H20N6OSi. The van der Waals surface area contributed by atoms with Gasteiger partial charge < -0.3 is 9.30 Å². The normalized spacial score (nSPS) is 11.8. The molecule has 0 spiro atoms. The molecule has 0 saturated carbocycles. The first-order valence-electron chi connectivity index (χ1n) is 7.82. The van der Waals surface area contributed by atoms with Crippen molar-refractivity contribution in [3.63, 3.8) is 0 Å². The summed E-state index contributed by atoms with van der Waals surface area (Å²) in [5, 5.41) is 16.8. The van der Waals surface area contributed by atoms with Crippen LogP contribution in [0.5, 0.6) is 0 Å². The van der Waals surface area contributed by atoms with E-state index in [0.29, 0.717) is 18.1 Å². The number of aromatic nitrogens is 5.